The molecule has 1 atom stereocenters. The van der Waals surface area contributed by atoms with Crippen LogP contribution in [0.5, 0.6) is 0 Å². The second-order valence-electron chi connectivity index (χ2n) is 7.85. The summed E-state index contributed by atoms with van der Waals surface area (Å²) in [5.74, 6) is -47.9. The van der Waals surface area contributed by atoms with Crippen LogP contribution in [0.15, 0.2) is 0 Å². The van der Waals surface area contributed by atoms with Gasteiger partial charge in [-0.25, -0.2) is 0 Å². The molecule has 0 aromatic carbocycles. The van der Waals surface area contributed by atoms with Crippen molar-refractivity contribution >= 4 is 8.80 Å². The van der Waals surface area contributed by atoms with E-state index in [0.717, 1.165) is 13.3 Å². The monoisotopic (exact) mass is 802 g/mol. The summed E-state index contributed by atoms with van der Waals surface area (Å²) in [5, 5.41) is 0. The molecule has 284 valence electrons. The minimum absolute atomic E-state index is 0.971. The van der Waals surface area contributed by atoms with Gasteiger partial charge in [-0.15, -0.1) is 0 Å². The van der Waals surface area contributed by atoms with Crippen LogP contribution in [0.2, 0.25) is 0 Å². The third-order valence-corrected chi connectivity index (χ3v) is 7.16. The van der Waals surface area contributed by atoms with Gasteiger partial charge in [-0.05, 0) is 0 Å². The molecule has 34 heteroatoms. The average molecular weight is 802 g/mol. The van der Waals surface area contributed by atoms with E-state index >= 15 is 0 Å². The largest absolute Gasteiger partial charge is 0.598 e. The molecule has 0 aromatic rings. The average Bonchev–Trinajstić information content (AvgIpc) is 2.73. The summed E-state index contributed by atoms with van der Waals surface area (Å²) in [6.07, 6.45) is -60.3. The maximum atomic E-state index is 14.6. The molecule has 0 aromatic heterocycles. The van der Waals surface area contributed by atoms with Crippen molar-refractivity contribution in [2.24, 2.45) is 0 Å². The molecular weight excluding hydrogens is 802 g/mol. The molecule has 0 rings (SSSR count). The van der Waals surface area contributed by atoms with Crippen molar-refractivity contribution < 1.29 is 145 Å². The van der Waals surface area contributed by atoms with Gasteiger partial charge in [-0.3, -0.25) is 0 Å². The zero-order valence-corrected chi connectivity index (χ0v) is 20.6. The highest BCUT2D eigenvalue weighted by atomic mass is 28.4. The third kappa shape index (κ3) is 6.91. The van der Waals surface area contributed by atoms with E-state index in [1.165, 1.54) is 0 Å². The van der Waals surface area contributed by atoms with Crippen LogP contribution in [0.3, 0.4) is 0 Å². The fourth-order valence-electron chi connectivity index (χ4n) is 2.14. The number of alkyl halides is 30. The number of halogens is 30. The van der Waals surface area contributed by atoms with Crippen LogP contribution in [0.4, 0.5) is 132 Å². The summed E-state index contributed by atoms with van der Waals surface area (Å²) in [4.78, 5) is 0. The predicted octanol–water partition coefficient (Wildman–Crippen LogP) is 9.35. The van der Waals surface area contributed by atoms with E-state index in [1.54, 1.807) is 0 Å². The molecule has 0 bridgehead atoms. The molecule has 3 nitrogen and oxygen atoms in total. The van der Waals surface area contributed by atoms with Crippen LogP contribution < -0.4 is 0 Å². The van der Waals surface area contributed by atoms with E-state index in [2.05, 4.69) is 0 Å². The molecule has 0 saturated heterocycles. The van der Waals surface area contributed by atoms with Gasteiger partial charge >= 0.3 is 87.0 Å². The van der Waals surface area contributed by atoms with E-state index in [-0.39, 0.29) is 0 Å². The van der Waals surface area contributed by atoms with Gasteiger partial charge in [0.1, 0.15) is 0 Å². The van der Waals surface area contributed by atoms with Crippen molar-refractivity contribution in [3.8, 4) is 0 Å². The molecule has 47 heavy (non-hydrogen) atoms. The highest BCUT2D eigenvalue weighted by molar-refractivity contribution is 6.64. The van der Waals surface area contributed by atoms with Crippen molar-refractivity contribution in [2.75, 3.05) is 0 Å². The molecule has 0 N–H and O–H groups in total. The van der Waals surface area contributed by atoms with Crippen LogP contribution in [0, 0.1) is 0 Å². The zero-order valence-electron chi connectivity index (χ0n) is 19.6. The maximum Gasteiger partial charge on any atom is 0.598 e. The summed E-state index contributed by atoms with van der Waals surface area (Å²) < 4.78 is 397. The quantitative estimate of drug-likeness (QED) is 0.154. The Kier molecular flexibility index (Phi) is 10.8. The summed E-state index contributed by atoms with van der Waals surface area (Å²) in [6.45, 7) is 0. The first-order valence-corrected chi connectivity index (χ1v) is 11.1. The van der Waals surface area contributed by atoms with Gasteiger partial charge in [-0.2, -0.15) is 132 Å². The first-order chi connectivity index (χ1) is 19.6. The molecular formula is C13F30O3Si. The maximum absolute atomic E-state index is 14.6. The molecule has 1 unspecified atom stereocenters. The molecule has 0 aliphatic rings. The molecule has 0 radical (unpaired) electrons. The minimum Gasteiger partial charge on any atom is -0.324 e. The Balaban J connectivity index is 8.59. The fourth-order valence-corrected chi connectivity index (χ4v) is 4.52. The number of hydrogen-bond donors (Lipinski definition) is 0. The van der Waals surface area contributed by atoms with Gasteiger partial charge in [0.25, 0.3) is 0 Å². The van der Waals surface area contributed by atoms with Crippen LogP contribution in [-0.2, 0) is 13.3 Å². The molecule has 0 fully saturated rings. The van der Waals surface area contributed by atoms with Crippen molar-refractivity contribution in [3.05, 3.63) is 0 Å². The second-order valence-corrected chi connectivity index (χ2v) is 10.2. The topological polar surface area (TPSA) is 27.7 Å². The number of rotatable bonds is 11. The Hall–Kier alpha value is -2.00. The van der Waals surface area contributed by atoms with Crippen molar-refractivity contribution in [2.45, 2.75) is 78.2 Å². The van der Waals surface area contributed by atoms with Gasteiger partial charge in [0.05, 0.1) is 0 Å². The highest BCUT2D eigenvalue weighted by Crippen LogP contribution is 2.64. The Labute approximate surface area is 233 Å². The van der Waals surface area contributed by atoms with E-state index in [0.29, 0.717) is 0 Å². The summed E-state index contributed by atoms with van der Waals surface area (Å²) >= 11 is 0. The lowest BCUT2D eigenvalue weighted by atomic mass is 9.93. The van der Waals surface area contributed by atoms with Crippen LogP contribution in [-0.4, -0.2) is 87.0 Å². The Bertz CT molecular complexity index is 1080. The zero-order chi connectivity index (χ0) is 39.1. The lowest BCUT2D eigenvalue weighted by molar-refractivity contribution is -0.480. The Morgan fingerprint density at radius 1 is 0.255 bits per heavy atom. The molecule has 0 aliphatic heterocycles. The standard InChI is InChI=1S/C13F30O3Si/c14-1(15,2(16,17)4(20,21)6(23,24)25)3(18,19)5(22,7(26,27)28)44-47(13(42,43)10(35,36)37,45-11(38,39)8(29,30)31)46-12(40,41)9(32,33)34. The van der Waals surface area contributed by atoms with Crippen LogP contribution in [0.25, 0.3) is 0 Å². The van der Waals surface area contributed by atoms with E-state index in [1.807, 2.05) is 0 Å². The SMILES string of the molecule is FC(F)(F)C(F)(F)O[Si](OC(F)(F)C(F)(F)F)(OC(F)(C(F)(F)F)C(F)(F)C(F)(F)C(F)(F)C(F)(F)C(F)(F)F)C(F)(F)C(F)(F)F. The molecule has 0 heterocycles. The van der Waals surface area contributed by atoms with Gasteiger partial charge < -0.3 is 13.3 Å². The predicted molar refractivity (Wildman–Crippen MR) is 77.8 cm³/mol. The lowest BCUT2D eigenvalue weighted by Crippen LogP contribution is -2.80. The van der Waals surface area contributed by atoms with Crippen molar-refractivity contribution in [3.63, 3.8) is 0 Å². The van der Waals surface area contributed by atoms with Gasteiger partial charge in [0, 0.05) is 0 Å². The smallest absolute Gasteiger partial charge is 0.324 e. The van der Waals surface area contributed by atoms with Gasteiger partial charge in [-0.1, -0.05) is 0 Å². The highest BCUT2D eigenvalue weighted by Gasteiger charge is 2.97. The first kappa shape index (κ1) is 45.0. The lowest BCUT2D eigenvalue weighted by Gasteiger charge is -2.47. The summed E-state index contributed by atoms with van der Waals surface area (Å²) in [6, 6.07) is 0. The first-order valence-electron chi connectivity index (χ1n) is 9.39. The normalized spacial score (nSPS) is 18.0. The summed E-state index contributed by atoms with van der Waals surface area (Å²) in [7, 11) is -11.7. The van der Waals surface area contributed by atoms with E-state index in [4.69, 9.17) is 0 Å². The Morgan fingerprint density at radius 3 is 0.745 bits per heavy atom. The van der Waals surface area contributed by atoms with Crippen LogP contribution in [0.1, 0.15) is 0 Å². The number of hydrogen-bond acceptors (Lipinski definition) is 3. The van der Waals surface area contributed by atoms with Crippen molar-refractivity contribution in [1.82, 2.24) is 0 Å². The molecule has 0 amide bonds. The minimum atomic E-state index is -11.7. The van der Waals surface area contributed by atoms with E-state index < -0.39 is 87.0 Å². The van der Waals surface area contributed by atoms with Crippen LogP contribution >= 0.6 is 0 Å². The Morgan fingerprint density at radius 2 is 0.532 bits per heavy atom. The molecule has 0 saturated carbocycles. The van der Waals surface area contributed by atoms with Crippen molar-refractivity contribution in [1.29, 1.82) is 0 Å². The van der Waals surface area contributed by atoms with E-state index in [9.17, 15) is 132 Å². The van der Waals surface area contributed by atoms with Gasteiger partial charge in [0.2, 0.25) is 0 Å². The third-order valence-electron chi connectivity index (χ3n) is 4.51. The molecule has 0 spiro atoms. The molecule has 0 aliphatic carbocycles. The second kappa shape index (κ2) is 11.3. The van der Waals surface area contributed by atoms with Gasteiger partial charge in [0.15, 0.2) is 0 Å². The summed E-state index contributed by atoms with van der Waals surface area (Å²) in [5.41, 5.74) is -9.25. The fraction of sp³-hybridized carbons (Fsp3) is 1.00.